The predicted molar refractivity (Wildman–Crippen MR) is 225 cm³/mol. The van der Waals surface area contributed by atoms with E-state index < -0.39 is 0 Å². The van der Waals surface area contributed by atoms with Crippen LogP contribution in [0.15, 0.2) is 205 Å². The summed E-state index contributed by atoms with van der Waals surface area (Å²) in [6.45, 7) is 0. The van der Waals surface area contributed by atoms with Gasteiger partial charge in [0, 0.05) is 27.5 Å². The number of aromatic nitrogens is 3. The topological polar surface area (TPSA) is 51.8 Å². The minimum atomic E-state index is 0.602. The smallest absolute Gasteiger partial charge is 0.164 e. The van der Waals surface area contributed by atoms with Gasteiger partial charge in [-0.3, -0.25) is 0 Å². The largest absolute Gasteiger partial charge is 0.456 e. The molecule has 2 heterocycles. The fourth-order valence-electron chi connectivity index (χ4n) is 7.35. The first kappa shape index (κ1) is 32.2. The van der Waals surface area contributed by atoms with Gasteiger partial charge < -0.3 is 4.42 Å². The number of hydrogen-bond acceptors (Lipinski definition) is 4. The second-order valence-electron chi connectivity index (χ2n) is 13.6. The van der Waals surface area contributed by atoms with E-state index in [2.05, 4.69) is 140 Å². The predicted octanol–water partition coefficient (Wildman–Crippen LogP) is 13.4. The quantitative estimate of drug-likeness (QED) is 0.166. The van der Waals surface area contributed by atoms with Crippen molar-refractivity contribution in [3.05, 3.63) is 200 Å². The molecular formula is C51H33N3O. The molecule has 0 aliphatic carbocycles. The first-order chi connectivity index (χ1) is 27.2. The highest BCUT2D eigenvalue weighted by atomic mass is 16.3. The fraction of sp³-hybridized carbons (Fsp3) is 0. The molecule has 0 amide bonds. The molecule has 4 heteroatoms. The van der Waals surface area contributed by atoms with E-state index in [-0.39, 0.29) is 0 Å². The Morgan fingerprint density at radius 3 is 1.29 bits per heavy atom. The zero-order valence-electron chi connectivity index (χ0n) is 29.8. The number of rotatable bonds is 7. The summed E-state index contributed by atoms with van der Waals surface area (Å²) in [5, 5.41) is 2.07. The molecule has 0 unspecified atom stereocenters. The van der Waals surface area contributed by atoms with Crippen LogP contribution in [0.3, 0.4) is 0 Å². The lowest BCUT2D eigenvalue weighted by atomic mass is 9.96. The summed E-state index contributed by atoms with van der Waals surface area (Å²) in [5.74, 6) is 1.85. The van der Waals surface area contributed by atoms with E-state index in [1.165, 1.54) is 22.3 Å². The van der Waals surface area contributed by atoms with Crippen LogP contribution in [-0.2, 0) is 0 Å². The normalized spacial score (nSPS) is 11.3. The maximum absolute atomic E-state index is 6.43. The molecule has 0 radical (unpaired) electrons. The van der Waals surface area contributed by atoms with Crippen molar-refractivity contribution in [2.45, 2.75) is 0 Å². The molecule has 0 saturated heterocycles. The van der Waals surface area contributed by atoms with Crippen LogP contribution in [0.5, 0.6) is 0 Å². The lowest BCUT2D eigenvalue weighted by Crippen LogP contribution is -2.00. The van der Waals surface area contributed by atoms with Gasteiger partial charge in [0.05, 0.1) is 0 Å². The highest BCUT2D eigenvalue weighted by molar-refractivity contribution is 6.13. The van der Waals surface area contributed by atoms with Crippen LogP contribution in [0.1, 0.15) is 0 Å². The van der Waals surface area contributed by atoms with Crippen molar-refractivity contribution in [3.63, 3.8) is 0 Å². The maximum atomic E-state index is 6.43. The zero-order chi connectivity index (χ0) is 36.6. The second-order valence-corrected chi connectivity index (χ2v) is 13.6. The molecule has 0 fully saturated rings. The van der Waals surface area contributed by atoms with Crippen molar-refractivity contribution in [2.75, 3.05) is 0 Å². The molecule has 0 aliphatic rings. The second kappa shape index (κ2) is 13.8. The Morgan fingerprint density at radius 1 is 0.273 bits per heavy atom. The van der Waals surface area contributed by atoms with Gasteiger partial charge in [0.2, 0.25) is 0 Å². The molecule has 2 aromatic heterocycles. The number of hydrogen-bond donors (Lipinski definition) is 0. The maximum Gasteiger partial charge on any atom is 0.164 e. The first-order valence-corrected chi connectivity index (χ1v) is 18.4. The van der Waals surface area contributed by atoms with Gasteiger partial charge in [-0.25, -0.2) is 15.0 Å². The summed E-state index contributed by atoms with van der Waals surface area (Å²) < 4.78 is 6.43. The molecule has 0 spiro atoms. The summed E-state index contributed by atoms with van der Waals surface area (Å²) in [4.78, 5) is 15.1. The summed E-state index contributed by atoms with van der Waals surface area (Å²) >= 11 is 0. The van der Waals surface area contributed by atoms with Crippen molar-refractivity contribution in [1.29, 1.82) is 0 Å². The van der Waals surface area contributed by atoms with Gasteiger partial charge in [0.15, 0.2) is 17.5 Å². The Hall–Kier alpha value is -7.43. The van der Waals surface area contributed by atoms with Crippen molar-refractivity contribution in [1.82, 2.24) is 15.0 Å². The molecule has 0 atom stereocenters. The van der Waals surface area contributed by atoms with E-state index in [4.69, 9.17) is 19.4 Å². The summed E-state index contributed by atoms with van der Waals surface area (Å²) in [7, 11) is 0. The molecule has 258 valence electrons. The minimum Gasteiger partial charge on any atom is -0.456 e. The Kier molecular flexibility index (Phi) is 8.12. The van der Waals surface area contributed by atoms with Gasteiger partial charge in [-0.05, 0) is 74.8 Å². The van der Waals surface area contributed by atoms with E-state index >= 15 is 0 Å². The summed E-state index contributed by atoms with van der Waals surface area (Å²) in [5.41, 5.74) is 13.7. The first-order valence-electron chi connectivity index (χ1n) is 18.4. The van der Waals surface area contributed by atoms with E-state index in [9.17, 15) is 0 Å². The van der Waals surface area contributed by atoms with Crippen molar-refractivity contribution in [2.24, 2.45) is 0 Å². The molecule has 0 N–H and O–H groups in total. The SMILES string of the molecule is c1ccc(-c2ccc(-c3ccc(-c4cccc5oc6ccc(-c7nc(-c8ccccc8)nc(-c8cccc(-c9ccccc9)c8)n7)cc6c45)cc3)cc2)cc1. The molecule has 10 rings (SSSR count). The standard InChI is InChI=1S/C51H33N3O/c1-4-12-34(13-5-1)36-22-24-37(25-23-36)38-26-28-39(29-27-38)44-20-11-21-47-48(44)45-33-43(30-31-46(45)55-47)51-53-49(40-16-8-3-9-17-40)52-50(54-51)42-19-10-18-41(32-42)35-14-6-2-7-15-35/h1-33H. The Bertz CT molecular complexity index is 2940. The average Bonchev–Trinajstić information content (AvgIpc) is 3.66. The number of nitrogens with zero attached hydrogens (tertiary/aromatic N) is 3. The van der Waals surface area contributed by atoms with Gasteiger partial charge in [-0.15, -0.1) is 0 Å². The van der Waals surface area contributed by atoms with Crippen LogP contribution in [0.4, 0.5) is 0 Å². The van der Waals surface area contributed by atoms with Crippen molar-refractivity contribution < 1.29 is 4.42 Å². The van der Waals surface area contributed by atoms with Crippen LogP contribution < -0.4 is 0 Å². The summed E-state index contributed by atoms with van der Waals surface area (Å²) in [6, 6.07) is 69.4. The average molecular weight is 704 g/mol. The number of furan rings is 1. The van der Waals surface area contributed by atoms with E-state index in [1.807, 2.05) is 60.7 Å². The van der Waals surface area contributed by atoms with Gasteiger partial charge in [0.1, 0.15) is 11.2 Å². The van der Waals surface area contributed by atoms with Gasteiger partial charge >= 0.3 is 0 Å². The summed E-state index contributed by atoms with van der Waals surface area (Å²) in [6.07, 6.45) is 0. The highest BCUT2D eigenvalue weighted by Crippen LogP contribution is 2.39. The van der Waals surface area contributed by atoms with Gasteiger partial charge in [0.25, 0.3) is 0 Å². The minimum absolute atomic E-state index is 0.602. The molecule has 10 aromatic rings. The van der Waals surface area contributed by atoms with Gasteiger partial charge in [-0.2, -0.15) is 0 Å². The Labute approximate surface area is 319 Å². The molecule has 0 aliphatic heterocycles. The van der Waals surface area contributed by atoms with Crippen molar-refractivity contribution in [3.8, 4) is 78.7 Å². The molecule has 0 bridgehead atoms. The van der Waals surface area contributed by atoms with Gasteiger partial charge in [-0.1, -0.05) is 170 Å². The lowest BCUT2D eigenvalue weighted by molar-refractivity contribution is 0.669. The van der Waals surface area contributed by atoms with Crippen LogP contribution >= 0.6 is 0 Å². The Balaban J connectivity index is 1.05. The van der Waals surface area contributed by atoms with Crippen LogP contribution in [-0.4, -0.2) is 15.0 Å². The molecule has 8 aromatic carbocycles. The van der Waals surface area contributed by atoms with Crippen molar-refractivity contribution >= 4 is 21.9 Å². The van der Waals surface area contributed by atoms with E-state index in [0.29, 0.717) is 17.5 Å². The number of benzene rings is 8. The molecule has 4 nitrogen and oxygen atoms in total. The highest BCUT2D eigenvalue weighted by Gasteiger charge is 2.17. The Morgan fingerprint density at radius 2 is 0.691 bits per heavy atom. The third kappa shape index (κ3) is 6.26. The van der Waals surface area contributed by atoms with E-state index in [1.54, 1.807) is 0 Å². The van der Waals surface area contributed by atoms with E-state index in [0.717, 1.165) is 60.9 Å². The number of fused-ring (bicyclic) bond motifs is 3. The molecular weight excluding hydrogens is 671 g/mol. The zero-order valence-corrected chi connectivity index (χ0v) is 29.8. The van der Waals surface area contributed by atoms with Crippen LogP contribution in [0.2, 0.25) is 0 Å². The fourth-order valence-corrected chi connectivity index (χ4v) is 7.35. The van der Waals surface area contributed by atoms with Crippen LogP contribution in [0.25, 0.3) is 101 Å². The monoisotopic (exact) mass is 703 g/mol. The third-order valence-corrected chi connectivity index (χ3v) is 10.2. The molecule has 0 saturated carbocycles. The lowest BCUT2D eigenvalue weighted by Gasteiger charge is -2.10. The molecule has 55 heavy (non-hydrogen) atoms. The van der Waals surface area contributed by atoms with Crippen LogP contribution in [0, 0.1) is 0 Å². The third-order valence-electron chi connectivity index (χ3n) is 10.2.